The van der Waals surface area contributed by atoms with Gasteiger partial charge in [0.05, 0.1) is 11.5 Å². The van der Waals surface area contributed by atoms with Gasteiger partial charge in [0, 0.05) is 30.3 Å². The zero-order valence-electron chi connectivity index (χ0n) is 11.4. The average Bonchev–Trinajstić information content (AvgIpc) is 2.31. The van der Waals surface area contributed by atoms with E-state index in [1.165, 1.54) is 6.07 Å². The third kappa shape index (κ3) is 5.01. The third-order valence-electron chi connectivity index (χ3n) is 2.63. The molecule has 0 saturated heterocycles. The first kappa shape index (κ1) is 16.3. The quantitative estimate of drug-likeness (QED) is 0.574. The molecule has 0 aliphatic rings. The molecule has 6 heteroatoms. The van der Waals surface area contributed by atoms with Gasteiger partial charge < -0.3 is 9.47 Å². The molecule has 0 radical (unpaired) electrons. The van der Waals surface area contributed by atoms with E-state index in [4.69, 9.17) is 20.2 Å². The van der Waals surface area contributed by atoms with Gasteiger partial charge in [0.25, 0.3) is 9.05 Å². The molecule has 0 amide bonds. The summed E-state index contributed by atoms with van der Waals surface area (Å²) in [5.41, 5.74) is 1.33. The lowest BCUT2D eigenvalue weighted by molar-refractivity contribution is 0.130. The van der Waals surface area contributed by atoms with Crippen LogP contribution in [0.1, 0.15) is 24.5 Å². The molecule has 0 aliphatic heterocycles. The lowest BCUT2D eigenvalue weighted by atomic mass is 10.1. The Balaban J connectivity index is 2.74. The Hall–Kier alpha value is -0.780. The lowest BCUT2D eigenvalue weighted by Gasteiger charge is -2.12. The third-order valence-corrected chi connectivity index (χ3v) is 4.09. The van der Waals surface area contributed by atoms with E-state index in [0.717, 1.165) is 12.0 Å². The maximum atomic E-state index is 11.4. The van der Waals surface area contributed by atoms with Crippen molar-refractivity contribution in [3.63, 3.8) is 0 Å². The summed E-state index contributed by atoms with van der Waals surface area (Å²) >= 11 is 0. The highest BCUT2D eigenvalue weighted by Gasteiger charge is 2.15. The highest BCUT2D eigenvalue weighted by molar-refractivity contribution is 8.13. The molecule has 0 heterocycles. The Bertz CT molecular complexity index is 526. The van der Waals surface area contributed by atoms with Crippen LogP contribution >= 0.6 is 10.7 Å². The predicted octanol–water partition coefficient (Wildman–Crippen LogP) is 3.04. The van der Waals surface area contributed by atoms with Crippen LogP contribution in [0.15, 0.2) is 17.0 Å². The van der Waals surface area contributed by atoms with Crippen LogP contribution in [-0.4, -0.2) is 28.2 Å². The Morgan fingerprint density at radius 1 is 1.16 bits per heavy atom. The van der Waals surface area contributed by atoms with E-state index >= 15 is 0 Å². The Kier molecular flexibility index (Phi) is 6.10. The molecule has 0 N–H and O–H groups in total. The molecule has 1 aromatic rings. The first-order chi connectivity index (χ1) is 8.86. The van der Waals surface area contributed by atoms with E-state index in [0.29, 0.717) is 31.1 Å². The van der Waals surface area contributed by atoms with Gasteiger partial charge in [0.15, 0.2) is 0 Å². The zero-order valence-corrected chi connectivity index (χ0v) is 13.0. The van der Waals surface area contributed by atoms with E-state index in [1.54, 1.807) is 19.9 Å². The molecular formula is C13H19ClO4S. The van der Waals surface area contributed by atoms with Crippen molar-refractivity contribution in [2.45, 2.75) is 32.1 Å². The van der Waals surface area contributed by atoms with Crippen LogP contribution in [0.5, 0.6) is 5.75 Å². The highest BCUT2D eigenvalue weighted by atomic mass is 35.7. The fourth-order valence-corrected chi connectivity index (χ4v) is 2.93. The second-order valence-corrected chi connectivity index (χ2v) is 6.75. The van der Waals surface area contributed by atoms with Crippen molar-refractivity contribution >= 4 is 19.7 Å². The zero-order chi connectivity index (χ0) is 14.5. The van der Waals surface area contributed by atoms with Crippen molar-refractivity contribution in [1.29, 1.82) is 0 Å². The van der Waals surface area contributed by atoms with Gasteiger partial charge in [-0.3, -0.25) is 0 Å². The second-order valence-electron chi connectivity index (χ2n) is 4.22. The molecule has 0 saturated carbocycles. The number of aryl methyl sites for hydroxylation is 2. The van der Waals surface area contributed by atoms with E-state index in [9.17, 15) is 8.42 Å². The van der Waals surface area contributed by atoms with E-state index < -0.39 is 9.05 Å². The minimum atomic E-state index is -3.71. The topological polar surface area (TPSA) is 52.6 Å². The standard InChI is InChI=1S/C13H19ClO4S/c1-4-17-6-5-7-18-12-8-11(3)13(9-10(12)2)19(14,15)16/h8-9H,4-7H2,1-3H3. The molecule has 19 heavy (non-hydrogen) atoms. The van der Waals surface area contributed by atoms with E-state index in [-0.39, 0.29) is 4.90 Å². The van der Waals surface area contributed by atoms with Crippen molar-refractivity contribution in [3.8, 4) is 5.75 Å². The number of halogens is 1. The largest absolute Gasteiger partial charge is 0.493 e. The SMILES string of the molecule is CCOCCCOc1cc(C)c(S(=O)(=O)Cl)cc1C. The van der Waals surface area contributed by atoms with Crippen LogP contribution in [0.25, 0.3) is 0 Å². The molecule has 0 bridgehead atoms. The molecule has 0 spiro atoms. The van der Waals surface area contributed by atoms with E-state index in [2.05, 4.69) is 0 Å². The summed E-state index contributed by atoms with van der Waals surface area (Å²) in [7, 11) is 1.66. The minimum absolute atomic E-state index is 0.133. The molecule has 4 nitrogen and oxygen atoms in total. The van der Waals surface area contributed by atoms with Crippen molar-refractivity contribution < 1.29 is 17.9 Å². The smallest absolute Gasteiger partial charge is 0.261 e. The molecule has 0 fully saturated rings. The Labute approximate surface area is 119 Å². The summed E-state index contributed by atoms with van der Waals surface area (Å²) in [6.45, 7) is 7.32. The molecule has 0 aliphatic carbocycles. The number of benzene rings is 1. The molecule has 1 aromatic carbocycles. The normalized spacial score (nSPS) is 11.6. The van der Waals surface area contributed by atoms with Crippen LogP contribution in [0, 0.1) is 13.8 Å². The first-order valence-corrected chi connectivity index (χ1v) is 8.43. The molecule has 0 atom stereocenters. The summed E-state index contributed by atoms with van der Waals surface area (Å²) in [5, 5.41) is 0. The maximum absolute atomic E-state index is 11.4. The number of rotatable bonds is 7. The van der Waals surface area contributed by atoms with Gasteiger partial charge in [-0.05, 0) is 44.0 Å². The number of ether oxygens (including phenoxy) is 2. The van der Waals surface area contributed by atoms with Crippen LogP contribution < -0.4 is 4.74 Å². The van der Waals surface area contributed by atoms with Gasteiger partial charge in [-0.25, -0.2) is 8.42 Å². The molecule has 0 aromatic heterocycles. The minimum Gasteiger partial charge on any atom is -0.493 e. The van der Waals surface area contributed by atoms with Gasteiger partial charge >= 0.3 is 0 Å². The van der Waals surface area contributed by atoms with Crippen LogP contribution in [0.2, 0.25) is 0 Å². The summed E-state index contributed by atoms with van der Waals surface area (Å²) in [6, 6.07) is 3.24. The van der Waals surface area contributed by atoms with E-state index in [1.807, 2.05) is 6.92 Å². The second kappa shape index (κ2) is 7.12. The maximum Gasteiger partial charge on any atom is 0.261 e. The van der Waals surface area contributed by atoms with Crippen LogP contribution in [0.4, 0.5) is 0 Å². The van der Waals surface area contributed by atoms with Gasteiger partial charge in [-0.1, -0.05) is 0 Å². The number of hydrogen-bond acceptors (Lipinski definition) is 4. The van der Waals surface area contributed by atoms with Crippen LogP contribution in [0.3, 0.4) is 0 Å². The molecular weight excluding hydrogens is 288 g/mol. The molecule has 1 rings (SSSR count). The van der Waals surface area contributed by atoms with Gasteiger partial charge in [-0.2, -0.15) is 0 Å². The van der Waals surface area contributed by atoms with Crippen molar-refractivity contribution in [3.05, 3.63) is 23.3 Å². The van der Waals surface area contributed by atoms with Crippen molar-refractivity contribution in [1.82, 2.24) is 0 Å². The summed E-state index contributed by atoms with van der Waals surface area (Å²) < 4.78 is 33.5. The Morgan fingerprint density at radius 2 is 1.84 bits per heavy atom. The first-order valence-electron chi connectivity index (χ1n) is 6.12. The fourth-order valence-electron chi connectivity index (χ4n) is 1.67. The number of hydrogen-bond donors (Lipinski definition) is 0. The molecule has 0 unspecified atom stereocenters. The molecule has 108 valence electrons. The fraction of sp³-hybridized carbons (Fsp3) is 0.538. The average molecular weight is 307 g/mol. The monoisotopic (exact) mass is 306 g/mol. The summed E-state index contributed by atoms with van der Waals surface area (Å²) in [6.07, 6.45) is 0.794. The predicted molar refractivity (Wildman–Crippen MR) is 75.6 cm³/mol. The Morgan fingerprint density at radius 3 is 2.42 bits per heavy atom. The van der Waals surface area contributed by atoms with Gasteiger partial charge in [-0.15, -0.1) is 0 Å². The summed E-state index contributed by atoms with van der Waals surface area (Å²) in [5.74, 6) is 0.679. The van der Waals surface area contributed by atoms with Crippen molar-refractivity contribution in [2.24, 2.45) is 0 Å². The van der Waals surface area contributed by atoms with Gasteiger partial charge in [0.2, 0.25) is 0 Å². The lowest BCUT2D eigenvalue weighted by Crippen LogP contribution is -2.05. The van der Waals surface area contributed by atoms with Gasteiger partial charge in [0.1, 0.15) is 5.75 Å². The summed E-state index contributed by atoms with van der Waals surface area (Å²) in [4.78, 5) is 0.133. The van der Waals surface area contributed by atoms with Crippen molar-refractivity contribution in [2.75, 3.05) is 19.8 Å². The highest BCUT2D eigenvalue weighted by Crippen LogP contribution is 2.27. The van der Waals surface area contributed by atoms with Crippen LogP contribution in [-0.2, 0) is 13.8 Å².